The lowest BCUT2D eigenvalue weighted by molar-refractivity contribution is -0.123. The zero-order valence-corrected chi connectivity index (χ0v) is 18.2. The molecule has 6 heterocycles. The second kappa shape index (κ2) is 6.76. The van der Waals surface area contributed by atoms with Crippen molar-refractivity contribution < 1.29 is 4.79 Å². The summed E-state index contributed by atoms with van der Waals surface area (Å²) in [5.74, 6) is 1.59. The first-order valence-electron chi connectivity index (χ1n) is 10.6. The molecule has 0 saturated carbocycles. The van der Waals surface area contributed by atoms with E-state index in [1.165, 1.54) is 5.70 Å². The number of likely N-dealkylation sites (tertiary alicyclic amines) is 1. The van der Waals surface area contributed by atoms with E-state index in [-0.39, 0.29) is 11.7 Å². The molecule has 2 fully saturated rings. The number of hydrogen-bond donors (Lipinski definition) is 1. The Morgan fingerprint density at radius 2 is 2.00 bits per heavy atom. The molecule has 2 saturated heterocycles. The van der Waals surface area contributed by atoms with E-state index in [9.17, 15) is 4.79 Å². The number of fused-ring (bicyclic) bond motifs is 3. The van der Waals surface area contributed by atoms with Crippen LogP contribution in [0.25, 0.3) is 10.8 Å². The zero-order chi connectivity index (χ0) is 20.4. The first-order valence-corrected chi connectivity index (χ1v) is 11.6. The zero-order valence-electron chi connectivity index (χ0n) is 17.2. The van der Waals surface area contributed by atoms with Gasteiger partial charge in [0.05, 0.1) is 40.3 Å². The lowest BCUT2D eigenvalue weighted by atomic mass is 10.0. The second-order valence-corrected chi connectivity index (χ2v) is 10.1. The van der Waals surface area contributed by atoms with Crippen LogP contribution in [0.1, 0.15) is 17.1 Å². The summed E-state index contributed by atoms with van der Waals surface area (Å²) in [6.45, 7) is 8.36. The van der Waals surface area contributed by atoms with Crippen molar-refractivity contribution in [2.75, 3.05) is 26.2 Å². The lowest BCUT2D eigenvalue weighted by Crippen LogP contribution is -2.37. The topological polar surface area (TPSA) is 65.8 Å². The molecule has 0 bridgehead atoms. The van der Waals surface area contributed by atoms with Crippen molar-refractivity contribution in [3.05, 3.63) is 59.5 Å². The van der Waals surface area contributed by atoms with E-state index < -0.39 is 0 Å². The third-order valence-corrected chi connectivity index (χ3v) is 8.11. The molecule has 7 nitrogen and oxygen atoms in total. The van der Waals surface area contributed by atoms with Crippen molar-refractivity contribution in [2.45, 2.75) is 19.6 Å². The molecule has 0 spiro atoms. The molecule has 0 aromatic carbocycles. The molecule has 1 amide bonds. The van der Waals surface area contributed by atoms with Crippen molar-refractivity contribution >= 4 is 25.3 Å². The Bertz CT molecular complexity index is 1140. The summed E-state index contributed by atoms with van der Waals surface area (Å²) in [4.78, 5) is 21.9. The predicted octanol–water partition coefficient (Wildman–Crippen LogP) is 2.10. The number of rotatable bonds is 2. The Morgan fingerprint density at radius 3 is 2.80 bits per heavy atom. The molecular weight excluding hydrogens is 395 g/mol. The van der Waals surface area contributed by atoms with Gasteiger partial charge in [0, 0.05) is 43.8 Å². The van der Waals surface area contributed by atoms with E-state index >= 15 is 0 Å². The van der Waals surface area contributed by atoms with Gasteiger partial charge in [-0.15, -0.1) is 0 Å². The minimum Gasteiger partial charge on any atom is -0.370 e. The first-order chi connectivity index (χ1) is 14.5. The molecule has 4 aliphatic heterocycles. The lowest BCUT2D eigenvalue weighted by Gasteiger charge is -2.35. The molecule has 2 aromatic heterocycles. The summed E-state index contributed by atoms with van der Waals surface area (Å²) in [5, 5.41) is 9.24. The van der Waals surface area contributed by atoms with E-state index in [1.54, 1.807) is 6.08 Å². The van der Waals surface area contributed by atoms with Gasteiger partial charge in [-0.3, -0.25) is 9.78 Å². The summed E-state index contributed by atoms with van der Waals surface area (Å²) in [6.07, 6.45) is 10.2. The van der Waals surface area contributed by atoms with E-state index in [1.807, 2.05) is 35.5 Å². The molecule has 154 valence electrons. The van der Waals surface area contributed by atoms with E-state index in [2.05, 4.69) is 33.6 Å². The van der Waals surface area contributed by atoms with E-state index in [0.29, 0.717) is 8.58 Å². The number of nitrogens with zero attached hydrogens (tertiary/aromatic N) is 5. The second-order valence-electron chi connectivity index (χ2n) is 8.72. The maximum atomic E-state index is 13.0. The number of carbonyl (C=O) groups is 1. The number of nitrogens with one attached hydrogen (secondary N) is 1. The van der Waals surface area contributed by atoms with Crippen LogP contribution in [0, 0.1) is 25.7 Å². The summed E-state index contributed by atoms with van der Waals surface area (Å²) >= 11 is 0. The highest BCUT2D eigenvalue weighted by Crippen LogP contribution is 2.45. The van der Waals surface area contributed by atoms with E-state index in [4.69, 9.17) is 5.10 Å². The molecular formula is C22H25N6OP. The molecule has 2 unspecified atom stereocenters. The fraction of sp³-hybridized carbons (Fsp3) is 0.409. The van der Waals surface area contributed by atoms with Crippen LogP contribution in [0.5, 0.6) is 0 Å². The maximum absolute atomic E-state index is 13.0. The molecule has 0 aliphatic carbocycles. The molecule has 8 heteroatoms. The van der Waals surface area contributed by atoms with Crippen molar-refractivity contribution in [1.29, 1.82) is 0 Å². The van der Waals surface area contributed by atoms with Gasteiger partial charge in [-0.25, -0.2) is 4.52 Å². The standard InChI is InChI=1S/C22H25N6OP/c1-13-9-28-19(14(2)24-13)5-18(25-28)20-6-21(29)27-12-17(3-4-22(27)30-20)26-10-15-7-23-8-16(15)11-26/h3-6,9,12,15-16,22-23,30H,7-8,10-11H2,1-2H3/t15-,16+,22?. The minimum atomic E-state index is 0.0414. The van der Waals surface area contributed by atoms with E-state index in [0.717, 1.165) is 65.9 Å². The van der Waals surface area contributed by atoms with Crippen molar-refractivity contribution in [3.8, 4) is 0 Å². The normalized spacial score (nSPS) is 28.9. The van der Waals surface area contributed by atoms with Crippen molar-refractivity contribution in [2.24, 2.45) is 11.8 Å². The van der Waals surface area contributed by atoms with Gasteiger partial charge in [-0.1, -0.05) is 14.7 Å². The SMILES string of the molecule is Cc1cn2nc(C3=CC(=O)N4C=C(N5C[C@H]6CNC[C@H]6C5)C=CC4P3)cc2c(C)n1. The molecule has 4 aliphatic rings. The van der Waals surface area contributed by atoms with Gasteiger partial charge in [0.25, 0.3) is 5.91 Å². The number of hydrogen-bond acceptors (Lipinski definition) is 5. The fourth-order valence-corrected chi connectivity index (χ4v) is 6.42. The van der Waals surface area contributed by atoms with Gasteiger partial charge in [-0.2, -0.15) is 5.10 Å². The summed E-state index contributed by atoms with van der Waals surface area (Å²) in [7, 11) is 0.476. The van der Waals surface area contributed by atoms with Gasteiger partial charge in [0.1, 0.15) is 0 Å². The van der Waals surface area contributed by atoms with Crippen LogP contribution < -0.4 is 5.32 Å². The number of carbonyl (C=O) groups excluding carboxylic acids is 1. The predicted molar refractivity (Wildman–Crippen MR) is 118 cm³/mol. The highest BCUT2D eigenvalue weighted by atomic mass is 31.1. The Labute approximate surface area is 177 Å². The monoisotopic (exact) mass is 420 g/mol. The van der Waals surface area contributed by atoms with Crippen LogP contribution in [0.4, 0.5) is 0 Å². The first kappa shape index (κ1) is 18.3. The number of amides is 1. The van der Waals surface area contributed by atoms with Crippen LogP contribution in [0.2, 0.25) is 0 Å². The van der Waals surface area contributed by atoms with Gasteiger partial charge in [0.15, 0.2) is 0 Å². The highest BCUT2D eigenvalue weighted by Gasteiger charge is 2.38. The maximum Gasteiger partial charge on any atom is 0.252 e. The Morgan fingerprint density at radius 1 is 1.20 bits per heavy atom. The molecule has 1 N–H and O–H groups in total. The smallest absolute Gasteiger partial charge is 0.252 e. The number of aromatic nitrogens is 3. The molecule has 2 aromatic rings. The third-order valence-electron chi connectivity index (χ3n) is 6.64. The van der Waals surface area contributed by atoms with Gasteiger partial charge in [0.2, 0.25) is 0 Å². The minimum absolute atomic E-state index is 0.0414. The summed E-state index contributed by atoms with van der Waals surface area (Å²) in [6, 6.07) is 2.05. The van der Waals surface area contributed by atoms with Crippen molar-refractivity contribution in [1.82, 2.24) is 29.7 Å². The molecule has 4 atom stereocenters. The number of aryl methyl sites for hydroxylation is 2. The van der Waals surface area contributed by atoms with Gasteiger partial charge < -0.3 is 15.1 Å². The molecule has 6 rings (SSSR count). The fourth-order valence-electron chi connectivity index (χ4n) is 5.09. The van der Waals surface area contributed by atoms with Crippen LogP contribution >= 0.6 is 8.58 Å². The summed E-state index contributed by atoms with van der Waals surface area (Å²) < 4.78 is 1.88. The molecule has 0 radical (unpaired) electrons. The average Bonchev–Trinajstić information content (AvgIpc) is 3.42. The molecule has 30 heavy (non-hydrogen) atoms. The van der Waals surface area contributed by atoms with Crippen LogP contribution in [0.15, 0.2) is 42.4 Å². The Kier molecular flexibility index (Phi) is 4.12. The largest absolute Gasteiger partial charge is 0.370 e. The summed E-state index contributed by atoms with van der Waals surface area (Å²) in [5.41, 5.74) is 4.93. The Balaban J connectivity index is 1.27. The Hall–Kier alpha value is -2.50. The third kappa shape index (κ3) is 2.91. The van der Waals surface area contributed by atoms with Crippen LogP contribution in [-0.2, 0) is 4.79 Å². The van der Waals surface area contributed by atoms with Crippen LogP contribution in [-0.4, -0.2) is 62.3 Å². The van der Waals surface area contributed by atoms with Crippen molar-refractivity contribution in [3.63, 3.8) is 0 Å². The van der Waals surface area contributed by atoms with Gasteiger partial charge >= 0.3 is 0 Å². The van der Waals surface area contributed by atoms with Crippen LogP contribution in [0.3, 0.4) is 0 Å². The quantitative estimate of drug-likeness (QED) is 0.754. The highest BCUT2D eigenvalue weighted by molar-refractivity contribution is 7.51. The average molecular weight is 420 g/mol. The number of allylic oxidation sites excluding steroid dienone is 1. The van der Waals surface area contributed by atoms with Gasteiger partial charge in [-0.05, 0) is 37.8 Å².